The monoisotopic (exact) mass is 317 g/mol. The molecule has 0 N–H and O–H groups in total. The highest BCUT2D eigenvalue weighted by molar-refractivity contribution is 5.78. The van der Waals surface area contributed by atoms with Crippen molar-refractivity contribution in [3.63, 3.8) is 0 Å². The van der Waals surface area contributed by atoms with Gasteiger partial charge in [0, 0.05) is 32.3 Å². The molecule has 0 bridgehead atoms. The first-order chi connectivity index (χ1) is 11.2. The maximum absolute atomic E-state index is 13.3. The number of rotatable bonds is 4. The lowest BCUT2D eigenvalue weighted by Gasteiger charge is -2.24. The van der Waals surface area contributed by atoms with Crippen molar-refractivity contribution in [1.82, 2.24) is 14.7 Å². The molecule has 6 heteroatoms. The molecule has 0 saturated heterocycles. The number of aromatic nitrogens is 2. The SMILES string of the molecule is COC[C@H]1CN(C(=O)Cc2cccc(F)c2)Cc2ccnn2C1. The summed E-state index contributed by atoms with van der Waals surface area (Å²) in [5, 5.41) is 4.31. The van der Waals surface area contributed by atoms with Gasteiger partial charge in [0.1, 0.15) is 5.82 Å². The third-order valence-electron chi connectivity index (χ3n) is 4.07. The number of nitrogens with zero attached hydrogens (tertiary/aromatic N) is 3. The van der Waals surface area contributed by atoms with Gasteiger partial charge in [-0.2, -0.15) is 5.10 Å². The van der Waals surface area contributed by atoms with E-state index in [9.17, 15) is 9.18 Å². The molecular weight excluding hydrogens is 297 g/mol. The molecule has 0 radical (unpaired) electrons. The van der Waals surface area contributed by atoms with E-state index in [1.807, 2.05) is 15.6 Å². The zero-order chi connectivity index (χ0) is 16.2. The van der Waals surface area contributed by atoms with Crippen LogP contribution in [0.15, 0.2) is 36.5 Å². The number of ether oxygens (including phenoxy) is 1. The number of hydrogen-bond acceptors (Lipinski definition) is 3. The van der Waals surface area contributed by atoms with Crippen molar-refractivity contribution < 1.29 is 13.9 Å². The normalized spacial score (nSPS) is 17.7. The molecule has 1 aliphatic heterocycles. The number of halogens is 1. The molecule has 5 nitrogen and oxygen atoms in total. The fourth-order valence-electron chi connectivity index (χ4n) is 3.00. The Morgan fingerprint density at radius 1 is 1.39 bits per heavy atom. The zero-order valence-electron chi connectivity index (χ0n) is 13.1. The van der Waals surface area contributed by atoms with E-state index in [1.165, 1.54) is 12.1 Å². The maximum Gasteiger partial charge on any atom is 0.227 e. The number of carbonyl (C=O) groups excluding carboxylic acids is 1. The highest BCUT2D eigenvalue weighted by Crippen LogP contribution is 2.17. The van der Waals surface area contributed by atoms with E-state index >= 15 is 0 Å². The Bertz CT molecular complexity index is 686. The first-order valence-electron chi connectivity index (χ1n) is 7.67. The van der Waals surface area contributed by atoms with Gasteiger partial charge >= 0.3 is 0 Å². The van der Waals surface area contributed by atoms with Crippen molar-refractivity contribution in [2.45, 2.75) is 19.5 Å². The molecule has 2 heterocycles. The Kier molecular flexibility index (Phi) is 4.71. The number of methoxy groups -OCH3 is 1. The zero-order valence-corrected chi connectivity index (χ0v) is 13.1. The predicted octanol–water partition coefficient (Wildman–Crippen LogP) is 1.87. The lowest BCUT2D eigenvalue weighted by atomic mass is 10.1. The summed E-state index contributed by atoms with van der Waals surface area (Å²) in [7, 11) is 1.66. The molecule has 1 aliphatic rings. The maximum atomic E-state index is 13.3. The van der Waals surface area contributed by atoms with E-state index in [2.05, 4.69) is 5.10 Å². The van der Waals surface area contributed by atoms with E-state index < -0.39 is 0 Å². The summed E-state index contributed by atoms with van der Waals surface area (Å²) in [4.78, 5) is 14.5. The van der Waals surface area contributed by atoms with Crippen molar-refractivity contribution in [3.05, 3.63) is 53.6 Å². The van der Waals surface area contributed by atoms with Crippen molar-refractivity contribution in [2.24, 2.45) is 5.92 Å². The minimum atomic E-state index is -0.318. The number of amides is 1. The molecule has 2 aromatic rings. The number of fused-ring (bicyclic) bond motifs is 1. The lowest BCUT2D eigenvalue weighted by molar-refractivity contribution is -0.131. The van der Waals surface area contributed by atoms with E-state index in [1.54, 1.807) is 25.4 Å². The largest absolute Gasteiger partial charge is 0.384 e. The average Bonchev–Trinajstić information content (AvgIpc) is 2.86. The van der Waals surface area contributed by atoms with Crippen LogP contribution >= 0.6 is 0 Å². The molecule has 1 amide bonds. The Balaban J connectivity index is 1.76. The first kappa shape index (κ1) is 15.7. The standard InChI is InChI=1S/C17H20FN3O2/c1-23-12-14-9-20(11-16-5-6-19-21(16)10-14)17(22)8-13-3-2-4-15(18)7-13/h2-7,14H,8-12H2,1H3/t14-/m0/s1. The van der Waals surface area contributed by atoms with Gasteiger partial charge in [-0.05, 0) is 23.8 Å². The van der Waals surface area contributed by atoms with Gasteiger partial charge in [-0.3, -0.25) is 9.48 Å². The minimum Gasteiger partial charge on any atom is -0.384 e. The highest BCUT2D eigenvalue weighted by Gasteiger charge is 2.25. The fraction of sp³-hybridized carbons (Fsp3) is 0.412. The summed E-state index contributed by atoms with van der Waals surface area (Å²) in [6.07, 6.45) is 1.95. The summed E-state index contributed by atoms with van der Waals surface area (Å²) >= 11 is 0. The summed E-state index contributed by atoms with van der Waals surface area (Å²) < 4.78 is 20.5. The molecule has 1 aromatic heterocycles. The van der Waals surface area contributed by atoms with E-state index in [4.69, 9.17) is 4.74 Å². The van der Waals surface area contributed by atoms with Crippen LogP contribution < -0.4 is 0 Å². The average molecular weight is 317 g/mol. The fourth-order valence-corrected chi connectivity index (χ4v) is 3.00. The number of carbonyl (C=O) groups is 1. The minimum absolute atomic E-state index is 0.00801. The van der Waals surface area contributed by atoms with Gasteiger partial charge in [0.05, 0.1) is 25.3 Å². The van der Waals surface area contributed by atoms with E-state index in [-0.39, 0.29) is 24.1 Å². The Morgan fingerprint density at radius 3 is 3.04 bits per heavy atom. The van der Waals surface area contributed by atoms with Crippen LogP contribution in [0.4, 0.5) is 4.39 Å². The van der Waals surface area contributed by atoms with Crippen LogP contribution in [0.25, 0.3) is 0 Å². The van der Waals surface area contributed by atoms with Crippen molar-refractivity contribution in [3.8, 4) is 0 Å². The molecule has 0 spiro atoms. The second-order valence-corrected chi connectivity index (χ2v) is 5.91. The highest BCUT2D eigenvalue weighted by atomic mass is 19.1. The lowest BCUT2D eigenvalue weighted by Crippen LogP contribution is -2.36. The molecule has 1 atom stereocenters. The summed E-state index contributed by atoms with van der Waals surface area (Å²) in [6, 6.07) is 8.12. The van der Waals surface area contributed by atoms with Crippen LogP contribution in [0.3, 0.4) is 0 Å². The molecule has 0 saturated carbocycles. The van der Waals surface area contributed by atoms with Gasteiger partial charge in [0.2, 0.25) is 5.91 Å². The topological polar surface area (TPSA) is 47.4 Å². The molecule has 0 aliphatic carbocycles. The molecule has 3 rings (SSSR count). The molecule has 1 aromatic carbocycles. The summed E-state index contributed by atoms with van der Waals surface area (Å²) in [5.41, 5.74) is 1.70. The summed E-state index contributed by atoms with van der Waals surface area (Å²) in [5.74, 6) is -0.134. The predicted molar refractivity (Wildman–Crippen MR) is 83.1 cm³/mol. The van der Waals surface area contributed by atoms with Gasteiger partial charge in [-0.25, -0.2) is 4.39 Å². The van der Waals surface area contributed by atoms with Crippen molar-refractivity contribution in [2.75, 3.05) is 20.3 Å². The molecule has 0 fully saturated rings. The van der Waals surface area contributed by atoms with Gasteiger partial charge in [-0.1, -0.05) is 12.1 Å². The van der Waals surface area contributed by atoms with Gasteiger partial charge in [-0.15, -0.1) is 0 Å². The second kappa shape index (κ2) is 6.91. The Morgan fingerprint density at radius 2 is 2.26 bits per heavy atom. The molecule has 23 heavy (non-hydrogen) atoms. The number of benzene rings is 1. The van der Waals surface area contributed by atoms with Crippen LogP contribution in [-0.4, -0.2) is 40.8 Å². The summed E-state index contributed by atoms with van der Waals surface area (Å²) in [6.45, 7) is 2.45. The first-order valence-corrected chi connectivity index (χ1v) is 7.67. The van der Waals surface area contributed by atoms with E-state index in [0.717, 1.165) is 12.2 Å². The molecule has 122 valence electrons. The van der Waals surface area contributed by atoms with Crippen LogP contribution in [0.2, 0.25) is 0 Å². The van der Waals surface area contributed by atoms with E-state index in [0.29, 0.717) is 25.3 Å². The molecule has 0 unspecified atom stereocenters. The van der Waals surface area contributed by atoms with Crippen molar-refractivity contribution in [1.29, 1.82) is 0 Å². The van der Waals surface area contributed by atoms with Gasteiger partial charge in [0.15, 0.2) is 0 Å². The quantitative estimate of drug-likeness (QED) is 0.865. The molecular formula is C17H20FN3O2. The van der Waals surface area contributed by atoms with Gasteiger partial charge in [0.25, 0.3) is 0 Å². The Labute approximate surface area is 134 Å². The van der Waals surface area contributed by atoms with Crippen LogP contribution in [0.5, 0.6) is 0 Å². The third kappa shape index (κ3) is 3.76. The number of hydrogen-bond donors (Lipinski definition) is 0. The van der Waals surface area contributed by atoms with Crippen LogP contribution in [0.1, 0.15) is 11.3 Å². The van der Waals surface area contributed by atoms with Crippen molar-refractivity contribution >= 4 is 5.91 Å². The Hall–Kier alpha value is -2.21. The third-order valence-corrected chi connectivity index (χ3v) is 4.07. The van der Waals surface area contributed by atoms with Crippen LogP contribution in [0, 0.1) is 11.7 Å². The van der Waals surface area contributed by atoms with Crippen LogP contribution in [-0.2, 0) is 29.0 Å². The van der Waals surface area contributed by atoms with Gasteiger partial charge < -0.3 is 9.64 Å². The smallest absolute Gasteiger partial charge is 0.227 e. The second-order valence-electron chi connectivity index (χ2n) is 5.91.